The van der Waals surface area contributed by atoms with Crippen molar-refractivity contribution >= 4 is 17.7 Å². The van der Waals surface area contributed by atoms with Gasteiger partial charge in [0.1, 0.15) is 17.4 Å². The summed E-state index contributed by atoms with van der Waals surface area (Å²) in [6.07, 6.45) is 1.58. The van der Waals surface area contributed by atoms with Crippen LogP contribution in [0, 0.1) is 25.2 Å². The molecule has 0 aliphatic carbocycles. The molecule has 0 radical (unpaired) electrons. The molecule has 1 amide bonds. The maximum Gasteiger partial charge on any atom is 0.266 e. The molecule has 146 valence electrons. The number of benzene rings is 2. The highest BCUT2D eigenvalue weighted by Gasteiger charge is 2.16. The number of hydrogen-bond donors (Lipinski definition) is 2. The quantitative estimate of drug-likeness (QED) is 0.511. The fourth-order valence-electron chi connectivity index (χ4n) is 3.23. The molecule has 28 heavy (non-hydrogen) atoms. The first-order valence-electron chi connectivity index (χ1n) is 9.50. The van der Waals surface area contributed by atoms with Crippen molar-refractivity contribution in [2.45, 2.75) is 53.4 Å². The van der Waals surface area contributed by atoms with E-state index < -0.39 is 5.91 Å². The van der Waals surface area contributed by atoms with Gasteiger partial charge in [0.15, 0.2) is 0 Å². The molecular weight excluding hydrogens is 348 g/mol. The van der Waals surface area contributed by atoms with Gasteiger partial charge in [-0.15, -0.1) is 0 Å². The van der Waals surface area contributed by atoms with Crippen LogP contribution in [-0.4, -0.2) is 11.0 Å². The van der Waals surface area contributed by atoms with Gasteiger partial charge in [-0.1, -0.05) is 33.8 Å². The Morgan fingerprint density at radius 2 is 1.50 bits per heavy atom. The lowest BCUT2D eigenvalue weighted by molar-refractivity contribution is -0.112. The number of hydrogen-bond acceptors (Lipinski definition) is 3. The van der Waals surface area contributed by atoms with Gasteiger partial charge in [-0.3, -0.25) is 4.79 Å². The van der Waals surface area contributed by atoms with Crippen molar-refractivity contribution in [3.63, 3.8) is 0 Å². The largest absolute Gasteiger partial charge is 0.507 e. The van der Waals surface area contributed by atoms with Crippen molar-refractivity contribution in [1.29, 1.82) is 5.26 Å². The molecule has 0 saturated heterocycles. The molecule has 0 bridgehead atoms. The molecule has 0 fully saturated rings. The van der Waals surface area contributed by atoms with Crippen LogP contribution in [0.3, 0.4) is 0 Å². The highest BCUT2D eigenvalue weighted by atomic mass is 16.3. The van der Waals surface area contributed by atoms with Gasteiger partial charge in [-0.2, -0.15) is 5.26 Å². The molecule has 0 aliphatic heterocycles. The lowest BCUT2D eigenvalue weighted by Crippen LogP contribution is -2.13. The molecule has 0 spiro atoms. The van der Waals surface area contributed by atoms with E-state index in [4.69, 9.17) is 0 Å². The first-order valence-corrected chi connectivity index (χ1v) is 9.50. The second-order valence-electron chi connectivity index (χ2n) is 7.86. The Morgan fingerprint density at radius 3 is 1.93 bits per heavy atom. The average Bonchev–Trinajstić information content (AvgIpc) is 2.59. The number of nitriles is 1. The Morgan fingerprint density at radius 1 is 1.00 bits per heavy atom. The number of aryl methyl sites for hydroxylation is 2. The molecule has 4 heteroatoms. The fourth-order valence-corrected chi connectivity index (χ4v) is 3.23. The molecule has 2 aromatic rings. The topological polar surface area (TPSA) is 73.1 Å². The molecule has 0 unspecified atom stereocenters. The monoisotopic (exact) mass is 376 g/mol. The number of nitrogens with zero attached hydrogens (tertiary/aromatic N) is 1. The van der Waals surface area contributed by atoms with E-state index in [2.05, 4.69) is 5.32 Å². The van der Waals surface area contributed by atoms with E-state index in [0.717, 1.165) is 27.8 Å². The maximum atomic E-state index is 12.6. The number of phenols is 1. The highest BCUT2D eigenvalue weighted by molar-refractivity contribution is 6.09. The van der Waals surface area contributed by atoms with E-state index in [1.807, 2.05) is 77.9 Å². The number of anilines is 1. The maximum absolute atomic E-state index is 12.6. The average molecular weight is 377 g/mol. The van der Waals surface area contributed by atoms with Crippen molar-refractivity contribution in [2.24, 2.45) is 0 Å². The Hall–Kier alpha value is -3.06. The van der Waals surface area contributed by atoms with Crippen LogP contribution in [0.2, 0.25) is 0 Å². The van der Waals surface area contributed by atoms with Crippen LogP contribution < -0.4 is 5.32 Å². The van der Waals surface area contributed by atoms with Crippen LogP contribution in [0.1, 0.15) is 67.3 Å². The molecule has 0 aromatic heterocycles. The van der Waals surface area contributed by atoms with Gasteiger partial charge in [0.05, 0.1) is 0 Å². The number of aromatic hydroxyl groups is 1. The van der Waals surface area contributed by atoms with Crippen LogP contribution in [-0.2, 0) is 4.79 Å². The minimum atomic E-state index is -0.447. The van der Waals surface area contributed by atoms with Crippen LogP contribution >= 0.6 is 0 Å². The molecular formula is C24H28N2O2. The Bertz CT molecular complexity index is 914. The first kappa shape index (κ1) is 21.2. The van der Waals surface area contributed by atoms with Gasteiger partial charge >= 0.3 is 0 Å². The van der Waals surface area contributed by atoms with Crippen molar-refractivity contribution in [3.8, 4) is 11.8 Å². The lowest BCUT2D eigenvalue weighted by atomic mass is 9.91. The number of amides is 1. The third-order valence-electron chi connectivity index (χ3n) is 4.59. The van der Waals surface area contributed by atoms with E-state index >= 15 is 0 Å². The van der Waals surface area contributed by atoms with Crippen molar-refractivity contribution in [2.75, 3.05) is 5.32 Å². The zero-order valence-electron chi connectivity index (χ0n) is 17.4. The summed E-state index contributed by atoms with van der Waals surface area (Å²) < 4.78 is 0. The summed E-state index contributed by atoms with van der Waals surface area (Å²) in [7, 11) is 0. The normalized spacial score (nSPS) is 11.6. The minimum Gasteiger partial charge on any atom is -0.507 e. The summed E-state index contributed by atoms with van der Waals surface area (Å²) in [5, 5.41) is 22.9. The molecule has 4 nitrogen and oxygen atoms in total. The third kappa shape index (κ3) is 5.01. The summed E-state index contributed by atoms with van der Waals surface area (Å²) in [6, 6.07) is 11.4. The molecule has 0 atom stereocenters. The van der Waals surface area contributed by atoms with E-state index in [0.29, 0.717) is 11.4 Å². The predicted octanol–water partition coefficient (Wildman–Crippen LogP) is 5.80. The molecule has 2 aromatic carbocycles. The van der Waals surface area contributed by atoms with E-state index in [9.17, 15) is 15.2 Å². The van der Waals surface area contributed by atoms with E-state index in [-0.39, 0.29) is 17.4 Å². The zero-order valence-corrected chi connectivity index (χ0v) is 17.4. The van der Waals surface area contributed by atoms with Gasteiger partial charge < -0.3 is 10.4 Å². The van der Waals surface area contributed by atoms with E-state index in [1.54, 1.807) is 6.08 Å². The summed E-state index contributed by atoms with van der Waals surface area (Å²) in [5.74, 6) is 0.0964. The number of rotatable bonds is 5. The zero-order chi connectivity index (χ0) is 21.0. The Kier molecular flexibility index (Phi) is 6.64. The SMILES string of the molecule is Cc1cc(C)cc(NC(=O)/C(C#N)=C/c2cc(C(C)C)c(O)c(C(C)C)c2)c1. The van der Waals surface area contributed by atoms with Crippen molar-refractivity contribution in [1.82, 2.24) is 0 Å². The first-order chi connectivity index (χ1) is 13.1. The summed E-state index contributed by atoms with van der Waals surface area (Å²) in [4.78, 5) is 12.6. The van der Waals surface area contributed by atoms with Crippen LogP contribution in [0.5, 0.6) is 5.75 Å². The standard InChI is InChI=1S/C24H28N2O2/c1-14(2)21-11-18(12-22(15(3)4)23(21)27)10-19(13-25)24(28)26-20-8-16(5)7-17(6)9-20/h7-12,14-15,27H,1-6H3,(H,26,28)/b19-10+. The van der Waals surface area contributed by atoms with Gasteiger partial charge in [0.25, 0.3) is 5.91 Å². The fraction of sp³-hybridized carbons (Fsp3) is 0.333. The summed E-state index contributed by atoms with van der Waals surface area (Å²) in [5.41, 5.74) is 5.12. The third-order valence-corrected chi connectivity index (χ3v) is 4.59. The number of carbonyl (C=O) groups excluding carboxylic acids is 1. The van der Waals surface area contributed by atoms with Gasteiger partial charge in [0.2, 0.25) is 0 Å². The smallest absolute Gasteiger partial charge is 0.266 e. The second-order valence-corrected chi connectivity index (χ2v) is 7.86. The minimum absolute atomic E-state index is 0.0225. The number of nitrogens with one attached hydrogen (secondary N) is 1. The summed E-state index contributed by atoms with van der Waals surface area (Å²) >= 11 is 0. The molecule has 0 saturated carbocycles. The molecule has 0 heterocycles. The number of phenolic OH excluding ortho intramolecular Hbond substituents is 1. The van der Waals surface area contributed by atoms with Crippen molar-refractivity contribution in [3.05, 3.63) is 63.7 Å². The van der Waals surface area contributed by atoms with Crippen molar-refractivity contribution < 1.29 is 9.90 Å². The summed E-state index contributed by atoms with van der Waals surface area (Å²) in [6.45, 7) is 11.9. The number of carbonyl (C=O) groups is 1. The van der Waals surface area contributed by atoms with E-state index in [1.165, 1.54) is 0 Å². The molecule has 2 N–H and O–H groups in total. The highest BCUT2D eigenvalue weighted by Crippen LogP contribution is 2.35. The Labute approximate surface area is 167 Å². The van der Waals surface area contributed by atoms with Crippen LogP contribution in [0.15, 0.2) is 35.9 Å². The predicted molar refractivity (Wildman–Crippen MR) is 114 cm³/mol. The van der Waals surface area contributed by atoms with Gasteiger partial charge in [0, 0.05) is 5.69 Å². The Balaban J connectivity index is 2.43. The molecule has 2 rings (SSSR count). The lowest BCUT2D eigenvalue weighted by Gasteiger charge is -2.16. The van der Waals surface area contributed by atoms with Gasteiger partial charge in [-0.25, -0.2) is 0 Å². The van der Waals surface area contributed by atoms with Gasteiger partial charge in [-0.05, 0) is 83.8 Å². The second kappa shape index (κ2) is 8.75. The van der Waals surface area contributed by atoms with Crippen LogP contribution in [0.4, 0.5) is 5.69 Å². The van der Waals surface area contributed by atoms with Crippen LogP contribution in [0.25, 0.3) is 6.08 Å². The molecule has 0 aliphatic rings.